The molecule has 0 saturated heterocycles. The third kappa shape index (κ3) is 5.33. The SMILES string of the molecule is COC(CNC(C)CCc1ccccc1)c1ccccc1. The van der Waals surface area contributed by atoms with E-state index in [-0.39, 0.29) is 6.10 Å². The van der Waals surface area contributed by atoms with Crippen LogP contribution in [0.5, 0.6) is 0 Å². The minimum absolute atomic E-state index is 0.116. The minimum Gasteiger partial charge on any atom is -0.375 e. The number of benzene rings is 2. The molecular weight excluding hydrogens is 258 g/mol. The van der Waals surface area contributed by atoms with E-state index in [4.69, 9.17) is 4.74 Å². The molecule has 0 aliphatic carbocycles. The van der Waals surface area contributed by atoms with Gasteiger partial charge >= 0.3 is 0 Å². The Bertz CT molecular complexity index is 497. The fourth-order valence-electron chi connectivity index (χ4n) is 2.44. The van der Waals surface area contributed by atoms with Crippen LogP contribution in [0.3, 0.4) is 0 Å². The lowest BCUT2D eigenvalue weighted by Crippen LogP contribution is -2.31. The van der Waals surface area contributed by atoms with Crippen LogP contribution < -0.4 is 5.32 Å². The molecule has 0 fully saturated rings. The van der Waals surface area contributed by atoms with Crippen LogP contribution >= 0.6 is 0 Å². The number of methoxy groups -OCH3 is 1. The Kier molecular flexibility index (Phi) is 6.45. The molecule has 0 aliphatic heterocycles. The summed E-state index contributed by atoms with van der Waals surface area (Å²) in [6.07, 6.45) is 2.36. The van der Waals surface area contributed by atoms with Gasteiger partial charge in [-0.15, -0.1) is 0 Å². The Morgan fingerprint density at radius 1 is 0.952 bits per heavy atom. The zero-order valence-electron chi connectivity index (χ0n) is 13.0. The first-order valence-corrected chi connectivity index (χ1v) is 7.64. The monoisotopic (exact) mass is 283 g/mol. The van der Waals surface area contributed by atoms with Crippen LogP contribution in [0.2, 0.25) is 0 Å². The molecule has 0 aromatic heterocycles. The van der Waals surface area contributed by atoms with Gasteiger partial charge in [-0.05, 0) is 30.9 Å². The molecule has 21 heavy (non-hydrogen) atoms. The summed E-state index contributed by atoms with van der Waals surface area (Å²) < 4.78 is 5.59. The number of hydrogen-bond acceptors (Lipinski definition) is 2. The van der Waals surface area contributed by atoms with Crippen molar-refractivity contribution in [3.63, 3.8) is 0 Å². The molecule has 0 radical (unpaired) electrons. The van der Waals surface area contributed by atoms with E-state index >= 15 is 0 Å². The molecule has 0 bridgehead atoms. The summed E-state index contributed by atoms with van der Waals surface area (Å²) in [4.78, 5) is 0. The van der Waals surface area contributed by atoms with Gasteiger partial charge in [-0.1, -0.05) is 60.7 Å². The molecule has 2 aromatic rings. The number of nitrogens with one attached hydrogen (secondary N) is 1. The van der Waals surface area contributed by atoms with Crippen molar-refractivity contribution < 1.29 is 4.74 Å². The second-order valence-electron chi connectivity index (χ2n) is 5.47. The van der Waals surface area contributed by atoms with E-state index < -0.39 is 0 Å². The highest BCUT2D eigenvalue weighted by Gasteiger charge is 2.11. The molecule has 2 aromatic carbocycles. The van der Waals surface area contributed by atoms with Crippen molar-refractivity contribution in [1.29, 1.82) is 0 Å². The van der Waals surface area contributed by atoms with E-state index in [1.54, 1.807) is 7.11 Å². The van der Waals surface area contributed by atoms with Gasteiger partial charge in [0.15, 0.2) is 0 Å². The van der Waals surface area contributed by atoms with Gasteiger partial charge < -0.3 is 10.1 Å². The first kappa shape index (κ1) is 15.7. The Morgan fingerprint density at radius 2 is 1.57 bits per heavy atom. The van der Waals surface area contributed by atoms with E-state index in [1.165, 1.54) is 11.1 Å². The molecule has 0 heterocycles. The highest BCUT2D eigenvalue weighted by atomic mass is 16.5. The smallest absolute Gasteiger partial charge is 0.0945 e. The average molecular weight is 283 g/mol. The third-order valence-electron chi connectivity index (χ3n) is 3.82. The van der Waals surface area contributed by atoms with Crippen molar-refractivity contribution in [3.05, 3.63) is 71.8 Å². The lowest BCUT2D eigenvalue weighted by molar-refractivity contribution is 0.0996. The normalized spacial score (nSPS) is 13.8. The van der Waals surface area contributed by atoms with Crippen LogP contribution in [0.4, 0.5) is 0 Å². The summed E-state index contributed by atoms with van der Waals surface area (Å²) >= 11 is 0. The summed E-state index contributed by atoms with van der Waals surface area (Å²) in [5, 5.41) is 3.58. The van der Waals surface area contributed by atoms with Gasteiger partial charge in [-0.3, -0.25) is 0 Å². The van der Waals surface area contributed by atoms with Gasteiger partial charge in [0.25, 0.3) is 0 Å². The summed E-state index contributed by atoms with van der Waals surface area (Å²) in [5.41, 5.74) is 2.63. The van der Waals surface area contributed by atoms with Gasteiger partial charge in [0.05, 0.1) is 6.10 Å². The van der Waals surface area contributed by atoms with Gasteiger partial charge in [0.2, 0.25) is 0 Å². The van der Waals surface area contributed by atoms with Crippen LogP contribution in [-0.4, -0.2) is 19.7 Å². The predicted octanol–water partition coefficient (Wildman–Crippen LogP) is 3.99. The van der Waals surface area contributed by atoms with Gasteiger partial charge in [0, 0.05) is 19.7 Å². The van der Waals surface area contributed by atoms with Crippen molar-refractivity contribution in [2.24, 2.45) is 0 Å². The first-order valence-electron chi connectivity index (χ1n) is 7.64. The fourth-order valence-corrected chi connectivity index (χ4v) is 2.44. The van der Waals surface area contributed by atoms with Crippen molar-refractivity contribution in [2.75, 3.05) is 13.7 Å². The Labute approximate surface area is 128 Å². The van der Waals surface area contributed by atoms with Crippen LogP contribution in [0.15, 0.2) is 60.7 Å². The maximum atomic E-state index is 5.59. The standard InChI is InChI=1S/C19H25NO/c1-16(13-14-17-9-5-3-6-10-17)20-15-19(21-2)18-11-7-4-8-12-18/h3-12,16,19-20H,13-15H2,1-2H3. The first-order chi connectivity index (χ1) is 10.3. The number of rotatable bonds is 8. The predicted molar refractivity (Wildman–Crippen MR) is 88.4 cm³/mol. The molecule has 2 atom stereocenters. The highest BCUT2D eigenvalue weighted by molar-refractivity contribution is 5.18. The minimum atomic E-state index is 0.116. The molecule has 2 heteroatoms. The van der Waals surface area contributed by atoms with Crippen LogP contribution in [0, 0.1) is 0 Å². The lowest BCUT2D eigenvalue weighted by Gasteiger charge is -2.20. The van der Waals surface area contributed by atoms with Crippen LogP contribution in [0.1, 0.15) is 30.6 Å². The quantitative estimate of drug-likeness (QED) is 0.791. The van der Waals surface area contributed by atoms with Crippen molar-refractivity contribution >= 4 is 0 Å². The maximum absolute atomic E-state index is 5.59. The molecule has 0 amide bonds. The van der Waals surface area contributed by atoms with E-state index in [1.807, 2.05) is 6.07 Å². The topological polar surface area (TPSA) is 21.3 Å². The van der Waals surface area contributed by atoms with Crippen molar-refractivity contribution in [3.8, 4) is 0 Å². The Balaban J connectivity index is 1.76. The van der Waals surface area contributed by atoms with Crippen LogP contribution in [0.25, 0.3) is 0 Å². The van der Waals surface area contributed by atoms with E-state index in [0.29, 0.717) is 6.04 Å². The molecule has 2 nitrogen and oxygen atoms in total. The van der Waals surface area contributed by atoms with E-state index in [2.05, 4.69) is 66.8 Å². The molecule has 2 unspecified atom stereocenters. The molecule has 2 rings (SSSR count). The number of ether oxygens (including phenoxy) is 1. The zero-order chi connectivity index (χ0) is 14.9. The third-order valence-corrected chi connectivity index (χ3v) is 3.82. The molecular formula is C19H25NO. The van der Waals surface area contributed by atoms with Gasteiger partial charge in [-0.25, -0.2) is 0 Å². The summed E-state index contributed by atoms with van der Waals surface area (Å²) in [6, 6.07) is 21.5. The largest absolute Gasteiger partial charge is 0.375 e. The molecule has 0 spiro atoms. The van der Waals surface area contributed by atoms with E-state index in [0.717, 1.165) is 19.4 Å². The van der Waals surface area contributed by atoms with E-state index in [9.17, 15) is 0 Å². The summed E-state index contributed by atoms with van der Waals surface area (Å²) in [5.74, 6) is 0. The fraction of sp³-hybridized carbons (Fsp3) is 0.368. The van der Waals surface area contributed by atoms with Crippen molar-refractivity contribution in [1.82, 2.24) is 5.32 Å². The van der Waals surface area contributed by atoms with Gasteiger partial charge in [0.1, 0.15) is 0 Å². The second kappa shape index (κ2) is 8.60. The van der Waals surface area contributed by atoms with Crippen molar-refractivity contribution in [2.45, 2.75) is 31.9 Å². The Hall–Kier alpha value is -1.64. The molecule has 0 aliphatic rings. The maximum Gasteiger partial charge on any atom is 0.0945 e. The van der Waals surface area contributed by atoms with Gasteiger partial charge in [-0.2, -0.15) is 0 Å². The Morgan fingerprint density at radius 3 is 2.19 bits per heavy atom. The lowest BCUT2D eigenvalue weighted by atomic mass is 10.1. The highest BCUT2D eigenvalue weighted by Crippen LogP contribution is 2.15. The van der Waals surface area contributed by atoms with Crippen LogP contribution in [-0.2, 0) is 11.2 Å². The molecule has 0 saturated carbocycles. The number of aryl methyl sites for hydroxylation is 1. The summed E-state index contributed by atoms with van der Waals surface area (Å²) in [6.45, 7) is 3.08. The average Bonchev–Trinajstić information content (AvgIpc) is 2.55. The summed E-state index contributed by atoms with van der Waals surface area (Å²) in [7, 11) is 1.77. The zero-order valence-corrected chi connectivity index (χ0v) is 13.0. The number of hydrogen-bond donors (Lipinski definition) is 1. The molecule has 1 N–H and O–H groups in total. The second-order valence-corrected chi connectivity index (χ2v) is 5.47. The molecule has 112 valence electrons.